The minimum Gasteiger partial charge on any atom is -0.497 e. The Balaban J connectivity index is 0.00000256. The molecule has 1 amide bonds. The average Bonchev–Trinajstić information content (AvgIpc) is 2.29. The van der Waals surface area contributed by atoms with E-state index in [9.17, 15) is 4.79 Å². The van der Waals surface area contributed by atoms with Crippen molar-refractivity contribution in [3.05, 3.63) is 29.8 Å². The lowest BCUT2D eigenvalue weighted by atomic mass is 10.1. The van der Waals surface area contributed by atoms with E-state index >= 15 is 0 Å². The molecule has 2 N–H and O–H groups in total. The van der Waals surface area contributed by atoms with E-state index < -0.39 is 0 Å². The Morgan fingerprint density at radius 1 is 1.47 bits per heavy atom. The highest BCUT2D eigenvalue weighted by molar-refractivity contribution is 5.85. The molecule has 1 aromatic rings. The van der Waals surface area contributed by atoms with Gasteiger partial charge in [0.05, 0.1) is 19.7 Å². The van der Waals surface area contributed by atoms with E-state index in [1.54, 1.807) is 14.2 Å². The third-order valence-electron chi connectivity index (χ3n) is 2.31. The molecule has 0 aliphatic rings. The first kappa shape index (κ1) is 15.7. The summed E-state index contributed by atoms with van der Waals surface area (Å²) >= 11 is 0. The molecule has 0 aliphatic carbocycles. The van der Waals surface area contributed by atoms with Gasteiger partial charge in [-0.05, 0) is 31.7 Å². The Bertz CT molecular complexity index is 358. The molecule has 0 bridgehead atoms. The van der Waals surface area contributed by atoms with Gasteiger partial charge in [0.25, 0.3) is 0 Å². The van der Waals surface area contributed by atoms with E-state index in [0.717, 1.165) is 11.3 Å². The first-order chi connectivity index (χ1) is 7.67. The number of hydrogen-bond acceptors (Lipinski definition) is 3. The Kier molecular flexibility index (Phi) is 7.34. The molecule has 0 aliphatic heterocycles. The van der Waals surface area contributed by atoms with Crippen LogP contribution in [0.2, 0.25) is 0 Å². The number of nitrogens with one attached hydrogen (secondary N) is 2. The molecule has 96 valence electrons. The number of likely N-dealkylation sites (N-methyl/N-ethyl adjacent to an activating group) is 1. The average molecular weight is 259 g/mol. The van der Waals surface area contributed by atoms with Gasteiger partial charge in [-0.1, -0.05) is 12.1 Å². The van der Waals surface area contributed by atoms with Gasteiger partial charge < -0.3 is 15.4 Å². The first-order valence-electron chi connectivity index (χ1n) is 5.25. The van der Waals surface area contributed by atoms with Crippen LogP contribution < -0.4 is 15.4 Å². The third kappa shape index (κ3) is 5.06. The molecule has 1 atom stereocenters. The molecule has 0 saturated heterocycles. The zero-order chi connectivity index (χ0) is 12.0. The summed E-state index contributed by atoms with van der Waals surface area (Å²) < 4.78 is 5.13. The highest BCUT2D eigenvalue weighted by Crippen LogP contribution is 2.18. The number of ether oxygens (including phenoxy) is 1. The van der Waals surface area contributed by atoms with Crippen LogP contribution in [0.5, 0.6) is 5.75 Å². The molecule has 4 nitrogen and oxygen atoms in total. The number of carbonyl (C=O) groups excluding carboxylic acids is 1. The summed E-state index contributed by atoms with van der Waals surface area (Å²) in [7, 11) is 3.37. The Morgan fingerprint density at radius 2 is 2.18 bits per heavy atom. The number of rotatable bonds is 5. The van der Waals surface area contributed by atoms with Gasteiger partial charge in [0.1, 0.15) is 5.75 Å². The summed E-state index contributed by atoms with van der Waals surface area (Å²) in [6.45, 7) is 2.27. The summed E-state index contributed by atoms with van der Waals surface area (Å²) in [4.78, 5) is 11.4. The summed E-state index contributed by atoms with van der Waals surface area (Å²) in [5.74, 6) is 0.782. The van der Waals surface area contributed by atoms with Crippen LogP contribution in [0.15, 0.2) is 24.3 Å². The van der Waals surface area contributed by atoms with Gasteiger partial charge in [-0.3, -0.25) is 4.79 Å². The van der Waals surface area contributed by atoms with E-state index in [0.29, 0.717) is 6.54 Å². The summed E-state index contributed by atoms with van der Waals surface area (Å²) in [6.07, 6.45) is 0. The maximum atomic E-state index is 11.4. The molecular weight excluding hydrogens is 240 g/mol. The minimum absolute atomic E-state index is 0. The van der Waals surface area contributed by atoms with Crippen molar-refractivity contribution >= 4 is 18.3 Å². The number of carbonyl (C=O) groups is 1. The second-order valence-corrected chi connectivity index (χ2v) is 3.60. The molecule has 0 aromatic heterocycles. The number of hydrogen-bond donors (Lipinski definition) is 2. The molecule has 0 spiro atoms. The fourth-order valence-corrected chi connectivity index (χ4v) is 1.45. The van der Waals surface area contributed by atoms with Crippen LogP contribution in [-0.4, -0.2) is 26.6 Å². The number of benzene rings is 1. The summed E-state index contributed by atoms with van der Waals surface area (Å²) in [5.41, 5.74) is 1.03. The van der Waals surface area contributed by atoms with Crippen molar-refractivity contribution in [1.82, 2.24) is 10.6 Å². The van der Waals surface area contributed by atoms with Crippen molar-refractivity contribution in [2.24, 2.45) is 0 Å². The van der Waals surface area contributed by atoms with Crippen molar-refractivity contribution < 1.29 is 9.53 Å². The number of halogens is 1. The second-order valence-electron chi connectivity index (χ2n) is 3.60. The van der Waals surface area contributed by atoms with Crippen molar-refractivity contribution in [3.63, 3.8) is 0 Å². The number of methoxy groups -OCH3 is 1. The zero-order valence-corrected chi connectivity index (χ0v) is 11.1. The van der Waals surface area contributed by atoms with E-state index in [1.165, 1.54) is 0 Å². The highest BCUT2D eigenvalue weighted by Gasteiger charge is 2.09. The van der Waals surface area contributed by atoms with Gasteiger partial charge in [-0.15, -0.1) is 12.4 Å². The SMILES string of the molecule is CNCC(=O)NC(C)c1cccc(OC)c1.Cl. The standard InChI is InChI=1S/C12H18N2O2.ClH/c1-9(14-12(15)8-13-2)10-5-4-6-11(7-10)16-3;/h4-7,9,13H,8H2,1-3H3,(H,14,15);1H. The van der Waals surface area contributed by atoms with Crippen LogP contribution in [-0.2, 0) is 4.79 Å². The van der Waals surface area contributed by atoms with Crippen LogP contribution >= 0.6 is 12.4 Å². The quantitative estimate of drug-likeness (QED) is 0.842. The largest absolute Gasteiger partial charge is 0.497 e. The molecule has 1 rings (SSSR count). The molecular formula is C12H19ClN2O2. The smallest absolute Gasteiger partial charge is 0.234 e. The Hall–Kier alpha value is -1.26. The third-order valence-corrected chi connectivity index (χ3v) is 2.31. The van der Waals surface area contributed by atoms with Crippen LogP contribution in [0.4, 0.5) is 0 Å². The molecule has 0 fully saturated rings. The Morgan fingerprint density at radius 3 is 2.76 bits per heavy atom. The molecule has 5 heteroatoms. The lowest BCUT2D eigenvalue weighted by molar-refractivity contribution is -0.120. The topological polar surface area (TPSA) is 50.4 Å². The molecule has 1 unspecified atom stereocenters. The van der Waals surface area contributed by atoms with Crippen molar-refractivity contribution in [1.29, 1.82) is 0 Å². The van der Waals surface area contributed by atoms with Crippen molar-refractivity contribution in [2.45, 2.75) is 13.0 Å². The molecule has 0 heterocycles. The predicted molar refractivity (Wildman–Crippen MR) is 70.7 cm³/mol. The zero-order valence-electron chi connectivity index (χ0n) is 10.3. The predicted octanol–water partition coefficient (Wildman–Crippen LogP) is 1.51. The molecule has 17 heavy (non-hydrogen) atoms. The lowest BCUT2D eigenvalue weighted by Gasteiger charge is -2.14. The number of amides is 1. The fourth-order valence-electron chi connectivity index (χ4n) is 1.45. The van der Waals surface area contributed by atoms with Gasteiger partial charge in [0.15, 0.2) is 0 Å². The second kappa shape index (κ2) is 7.92. The van der Waals surface area contributed by atoms with Crippen LogP contribution in [0.25, 0.3) is 0 Å². The van der Waals surface area contributed by atoms with Crippen molar-refractivity contribution in [2.75, 3.05) is 20.7 Å². The first-order valence-corrected chi connectivity index (χ1v) is 5.25. The van der Waals surface area contributed by atoms with E-state index in [-0.39, 0.29) is 24.4 Å². The van der Waals surface area contributed by atoms with Gasteiger partial charge >= 0.3 is 0 Å². The molecule has 1 aromatic carbocycles. The fraction of sp³-hybridized carbons (Fsp3) is 0.417. The van der Waals surface area contributed by atoms with Crippen molar-refractivity contribution in [3.8, 4) is 5.75 Å². The lowest BCUT2D eigenvalue weighted by Crippen LogP contribution is -2.33. The van der Waals surface area contributed by atoms with Gasteiger partial charge in [0, 0.05) is 0 Å². The summed E-state index contributed by atoms with van der Waals surface area (Å²) in [6, 6.07) is 7.66. The van der Waals surface area contributed by atoms with E-state index in [2.05, 4.69) is 10.6 Å². The van der Waals surface area contributed by atoms with Crippen LogP contribution in [0.1, 0.15) is 18.5 Å². The summed E-state index contributed by atoms with van der Waals surface area (Å²) in [5, 5.41) is 5.70. The van der Waals surface area contributed by atoms with Crippen LogP contribution in [0, 0.1) is 0 Å². The minimum atomic E-state index is -0.0176. The van der Waals surface area contributed by atoms with E-state index in [4.69, 9.17) is 4.74 Å². The van der Waals surface area contributed by atoms with E-state index in [1.807, 2.05) is 31.2 Å². The molecule has 0 saturated carbocycles. The Labute approximate surface area is 108 Å². The maximum Gasteiger partial charge on any atom is 0.234 e. The van der Waals surface area contributed by atoms with Gasteiger partial charge in [-0.25, -0.2) is 0 Å². The maximum absolute atomic E-state index is 11.4. The molecule has 0 radical (unpaired) electrons. The van der Waals surface area contributed by atoms with Crippen LogP contribution in [0.3, 0.4) is 0 Å². The highest BCUT2D eigenvalue weighted by atomic mass is 35.5. The monoisotopic (exact) mass is 258 g/mol. The normalized spacial score (nSPS) is 11.2. The van der Waals surface area contributed by atoms with Gasteiger partial charge in [0.2, 0.25) is 5.91 Å². The van der Waals surface area contributed by atoms with Gasteiger partial charge in [-0.2, -0.15) is 0 Å².